The number of pyridine rings is 1. The third-order valence-electron chi connectivity index (χ3n) is 6.81. The molecule has 2 aliphatic rings. The number of halogens is 4. The van der Waals surface area contributed by atoms with Gasteiger partial charge in [0.05, 0.1) is 17.8 Å². The molecule has 0 fully saturated rings. The van der Waals surface area contributed by atoms with Gasteiger partial charge in [0, 0.05) is 60.1 Å². The number of nitrogens with one attached hydrogen (secondary N) is 1. The van der Waals surface area contributed by atoms with Gasteiger partial charge in [-0.2, -0.15) is 13.2 Å². The maximum absolute atomic E-state index is 14.7. The molecular formula is C26H22F4N6O2. The zero-order valence-corrected chi connectivity index (χ0v) is 20.3. The summed E-state index contributed by atoms with van der Waals surface area (Å²) in [4.78, 5) is 27.4. The van der Waals surface area contributed by atoms with E-state index in [1.165, 1.54) is 16.8 Å². The number of aryl methyl sites for hydroxylation is 1. The number of hydrogen-bond donors (Lipinski definition) is 1. The number of ether oxygens (including phenoxy) is 1. The van der Waals surface area contributed by atoms with Crippen molar-refractivity contribution < 1.29 is 27.1 Å². The fraction of sp³-hybridized carbons (Fsp3) is 0.308. The van der Waals surface area contributed by atoms with E-state index in [1.807, 2.05) is 6.07 Å². The molecule has 2 aliphatic heterocycles. The van der Waals surface area contributed by atoms with Crippen molar-refractivity contribution in [3.63, 3.8) is 0 Å². The van der Waals surface area contributed by atoms with Gasteiger partial charge in [0.1, 0.15) is 24.4 Å². The summed E-state index contributed by atoms with van der Waals surface area (Å²) in [5, 5.41) is 3.11. The standard InChI is InChI=1S/C26H22F4N6O2/c1-14-2-3-15-18-11-32-25(31-10-17-16-7-9-38-21(16)5-4-19(17)27)36-13-33-22(23(18)36)24(37)35(12-26(28,29)30)8-6-20(15)34-14/h2-5,11,13H,6-10,12H2,1H3,(H,31,32). The number of nitrogens with zero attached hydrogens (tertiary/aromatic N) is 5. The van der Waals surface area contributed by atoms with Crippen LogP contribution in [0, 0.1) is 12.7 Å². The summed E-state index contributed by atoms with van der Waals surface area (Å²) in [6, 6.07) is 6.57. The summed E-state index contributed by atoms with van der Waals surface area (Å²) < 4.78 is 61.9. The molecule has 4 aromatic rings. The Bertz CT molecular complexity index is 1580. The number of carbonyl (C=O) groups is 1. The van der Waals surface area contributed by atoms with Crippen LogP contribution in [0.3, 0.4) is 0 Å². The van der Waals surface area contributed by atoms with Crippen molar-refractivity contribution in [2.24, 2.45) is 0 Å². The first-order chi connectivity index (χ1) is 18.2. The first kappa shape index (κ1) is 24.1. The first-order valence-electron chi connectivity index (χ1n) is 12.1. The highest BCUT2D eigenvalue weighted by Gasteiger charge is 2.36. The summed E-state index contributed by atoms with van der Waals surface area (Å²) >= 11 is 0. The van der Waals surface area contributed by atoms with Crippen molar-refractivity contribution >= 4 is 17.4 Å². The minimum absolute atomic E-state index is 0.0822. The highest BCUT2D eigenvalue weighted by Crippen LogP contribution is 2.34. The Labute approximate surface area is 214 Å². The molecule has 1 amide bonds. The van der Waals surface area contributed by atoms with Crippen LogP contribution in [0.25, 0.3) is 16.6 Å². The van der Waals surface area contributed by atoms with Gasteiger partial charge in [0.2, 0.25) is 5.95 Å². The van der Waals surface area contributed by atoms with Gasteiger partial charge in [0.15, 0.2) is 5.69 Å². The molecule has 0 bridgehead atoms. The predicted molar refractivity (Wildman–Crippen MR) is 130 cm³/mol. The minimum atomic E-state index is -4.58. The zero-order valence-electron chi connectivity index (χ0n) is 20.3. The lowest BCUT2D eigenvalue weighted by Crippen LogP contribution is -2.40. The Kier molecular flexibility index (Phi) is 5.69. The van der Waals surface area contributed by atoms with Crippen LogP contribution >= 0.6 is 0 Å². The van der Waals surface area contributed by atoms with E-state index in [-0.39, 0.29) is 37.0 Å². The van der Waals surface area contributed by atoms with Gasteiger partial charge in [-0.3, -0.25) is 14.2 Å². The van der Waals surface area contributed by atoms with Crippen molar-refractivity contribution in [3.8, 4) is 16.9 Å². The SMILES string of the molecule is Cc1ccc2c(n1)CCN(CC(F)(F)F)C(=O)c1ncn3c(NCc4c(F)ccc5c4CCO5)ncc-2c13. The van der Waals surface area contributed by atoms with E-state index in [0.29, 0.717) is 52.4 Å². The van der Waals surface area contributed by atoms with Gasteiger partial charge in [-0.15, -0.1) is 0 Å². The molecular weight excluding hydrogens is 504 g/mol. The summed E-state index contributed by atoms with van der Waals surface area (Å²) in [5.74, 6) is -0.332. The van der Waals surface area contributed by atoms with Gasteiger partial charge in [0.25, 0.3) is 5.91 Å². The molecule has 6 rings (SSSR count). The van der Waals surface area contributed by atoms with E-state index in [1.54, 1.807) is 25.3 Å². The quantitative estimate of drug-likeness (QED) is 0.398. The van der Waals surface area contributed by atoms with Crippen molar-refractivity contribution in [2.75, 3.05) is 25.0 Å². The van der Waals surface area contributed by atoms with Gasteiger partial charge < -0.3 is 15.0 Å². The second kappa shape index (κ2) is 8.96. The van der Waals surface area contributed by atoms with Gasteiger partial charge in [-0.1, -0.05) is 6.07 Å². The Morgan fingerprint density at radius 1 is 1.11 bits per heavy atom. The lowest BCUT2D eigenvalue weighted by molar-refractivity contribution is -0.140. The predicted octanol–water partition coefficient (Wildman–Crippen LogP) is 4.35. The molecule has 0 radical (unpaired) electrons. The molecule has 0 atom stereocenters. The first-order valence-corrected chi connectivity index (χ1v) is 12.1. The highest BCUT2D eigenvalue weighted by atomic mass is 19.4. The maximum Gasteiger partial charge on any atom is 0.406 e. The van der Waals surface area contributed by atoms with E-state index in [4.69, 9.17) is 4.74 Å². The summed E-state index contributed by atoms with van der Waals surface area (Å²) in [7, 11) is 0. The smallest absolute Gasteiger partial charge is 0.406 e. The lowest BCUT2D eigenvalue weighted by Gasteiger charge is -2.23. The van der Waals surface area contributed by atoms with E-state index < -0.39 is 18.6 Å². The number of alkyl halides is 3. The second-order valence-electron chi connectivity index (χ2n) is 9.30. The van der Waals surface area contributed by atoms with Crippen molar-refractivity contribution in [2.45, 2.75) is 32.5 Å². The van der Waals surface area contributed by atoms with Crippen molar-refractivity contribution in [1.29, 1.82) is 0 Å². The fourth-order valence-corrected chi connectivity index (χ4v) is 5.08. The number of fused-ring (bicyclic) bond motifs is 3. The Morgan fingerprint density at radius 2 is 1.95 bits per heavy atom. The van der Waals surface area contributed by atoms with Crippen molar-refractivity contribution in [3.05, 3.63) is 70.8 Å². The van der Waals surface area contributed by atoms with Crippen LogP contribution in [-0.4, -0.2) is 56.0 Å². The van der Waals surface area contributed by atoms with Crippen LogP contribution < -0.4 is 10.1 Å². The summed E-state index contributed by atoms with van der Waals surface area (Å²) in [5.41, 5.74) is 3.84. The molecule has 8 nitrogen and oxygen atoms in total. The number of amides is 1. The van der Waals surface area contributed by atoms with Crippen LogP contribution in [0.15, 0.2) is 36.8 Å². The normalized spacial score (nSPS) is 15.0. The highest BCUT2D eigenvalue weighted by molar-refractivity contribution is 6.03. The summed E-state index contributed by atoms with van der Waals surface area (Å²) in [6.07, 6.45) is -0.988. The van der Waals surface area contributed by atoms with Gasteiger partial charge >= 0.3 is 6.18 Å². The molecule has 0 aliphatic carbocycles. The second-order valence-corrected chi connectivity index (χ2v) is 9.30. The average molecular weight is 526 g/mol. The molecule has 0 saturated heterocycles. The molecule has 0 unspecified atom stereocenters. The van der Waals surface area contributed by atoms with Gasteiger partial charge in [-0.25, -0.2) is 14.4 Å². The number of carbonyl (C=O) groups excluding carboxylic acids is 1. The van der Waals surface area contributed by atoms with Crippen LogP contribution in [0.1, 0.15) is 33.0 Å². The number of rotatable bonds is 4. The van der Waals surface area contributed by atoms with Crippen molar-refractivity contribution in [1.82, 2.24) is 24.3 Å². The van der Waals surface area contributed by atoms with E-state index >= 15 is 0 Å². The van der Waals surface area contributed by atoms with E-state index in [0.717, 1.165) is 10.5 Å². The van der Waals surface area contributed by atoms with Crippen LogP contribution in [0.5, 0.6) is 5.75 Å². The molecule has 38 heavy (non-hydrogen) atoms. The van der Waals surface area contributed by atoms with E-state index in [2.05, 4.69) is 20.3 Å². The molecule has 12 heteroatoms. The molecule has 196 valence electrons. The molecule has 1 N–H and O–H groups in total. The molecule has 3 aromatic heterocycles. The third-order valence-corrected chi connectivity index (χ3v) is 6.81. The van der Waals surface area contributed by atoms with Crippen LogP contribution in [0.2, 0.25) is 0 Å². The summed E-state index contributed by atoms with van der Waals surface area (Å²) in [6.45, 7) is 0.767. The molecule has 0 saturated carbocycles. The Morgan fingerprint density at radius 3 is 2.76 bits per heavy atom. The molecule has 0 spiro atoms. The van der Waals surface area contributed by atoms with Gasteiger partial charge in [-0.05, 0) is 25.1 Å². The van der Waals surface area contributed by atoms with E-state index in [9.17, 15) is 22.4 Å². The number of hydrogen-bond acceptors (Lipinski definition) is 6. The fourth-order valence-electron chi connectivity index (χ4n) is 5.08. The number of imidazole rings is 1. The third kappa shape index (κ3) is 4.19. The molecule has 1 aromatic carbocycles. The Hall–Kier alpha value is -4.22. The lowest BCUT2D eigenvalue weighted by atomic mass is 10.0. The monoisotopic (exact) mass is 526 g/mol. The van der Waals surface area contributed by atoms with Crippen LogP contribution in [-0.2, 0) is 19.4 Å². The minimum Gasteiger partial charge on any atom is -0.493 e. The maximum atomic E-state index is 14.7. The topological polar surface area (TPSA) is 84.7 Å². The zero-order chi connectivity index (χ0) is 26.6. The largest absolute Gasteiger partial charge is 0.493 e. The Balaban J connectivity index is 1.47. The number of aromatic nitrogens is 4. The number of anilines is 1. The number of benzene rings is 1. The van der Waals surface area contributed by atoms with Crippen LogP contribution in [0.4, 0.5) is 23.5 Å². The molecule has 5 heterocycles. The average Bonchev–Trinajstić information content (AvgIpc) is 3.53.